The van der Waals surface area contributed by atoms with Crippen molar-refractivity contribution in [3.63, 3.8) is 0 Å². The number of hydrogen-bond donors (Lipinski definition) is 1. The summed E-state index contributed by atoms with van der Waals surface area (Å²) in [5.41, 5.74) is 3.21. The summed E-state index contributed by atoms with van der Waals surface area (Å²) in [4.78, 5) is 20.4. The van der Waals surface area contributed by atoms with Crippen molar-refractivity contribution >= 4 is 22.9 Å². The minimum absolute atomic E-state index is 0.181. The Hall–Kier alpha value is -2.70. The summed E-state index contributed by atoms with van der Waals surface area (Å²) < 4.78 is 5.39. The third kappa shape index (κ3) is 6.01. The zero-order valence-corrected chi connectivity index (χ0v) is 20.4. The van der Waals surface area contributed by atoms with Crippen molar-refractivity contribution in [3.8, 4) is 16.9 Å². The van der Waals surface area contributed by atoms with E-state index >= 15 is 0 Å². The molecular formula is C27H33N3O2S. The second-order valence-corrected chi connectivity index (χ2v) is 9.52. The van der Waals surface area contributed by atoms with Crippen LogP contribution in [0, 0.1) is 0 Å². The maximum absolute atomic E-state index is 13.1. The van der Waals surface area contributed by atoms with Gasteiger partial charge in [0.2, 0.25) is 0 Å². The third-order valence-electron chi connectivity index (χ3n) is 6.33. The highest BCUT2D eigenvalue weighted by atomic mass is 32.1. The molecule has 1 aliphatic heterocycles. The van der Waals surface area contributed by atoms with Gasteiger partial charge in [-0.3, -0.25) is 4.79 Å². The topological polar surface area (TPSA) is 54.5 Å². The number of likely N-dealkylation sites (tertiary alicyclic amines) is 1. The fourth-order valence-electron chi connectivity index (χ4n) is 4.38. The molecule has 1 aliphatic rings. The Morgan fingerprint density at radius 1 is 1.15 bits per heavy atom. The molecule has 2 heterocycles. The summed E-state index contributed by atoms with van der Waals surface area (Å²) >= 11 is 1.61. The van der Waals surface area contributed by atoms with E-state index in [4.69, 9.17) is 9.72 Å². The number of methoxy groups -OCH3 is 1. The molecule has 0 saturated carbocycles. The summed E-state index contributed by atoms with van der Waals surface area (Å²) in [6, 6.07) is 15.8. The van der Waals surface area contributed by atoms with Crippen molar-refractivity contribution in [2.75, 3.05) is 32.1 Å². The first-order valence-corrected chi connectivity index (χ1v) is 12.8. The average molecular weight is 464 g/mol. The summed E-state index contributed by atoms with van der Waals surface area (Å²) in [5.74, 6) is 0.977. The Kier molecular flexibility index (Phi) is 8.13. The van der Waals surface area contributed by atoms with Crippen LogP contribution in [-0.4, -0.2) is 42.5 Å². The van der Waals surface area contributed by atoms with Gasteiger partial charge in [0, 0.05) is 22.9 Å². The number of aromatic nitrogens is 1. The molecule has 5 nitrogen and oxygen atoms in total. The van der Waals surface area contributed by atoms with Crippen LogP contribution in [-0.2, 0) is 0 Å². The van der Waals surface area contributed by atoms with Crippen molar-refractivity contribution in [1.29, 1.82) is 0 Å². The molecule has 4 rings (SSSR count). The highest BCUT2D eigenvalue weighted by molar-refractivity contribution is 7.10. The number of ether oxygens (including phenoxy) is 1. The lowest BCUT2D eigenvalue weighted by molar-refractivity contribution is 0.102. The molecule has 0 radical (unpaired) electrons. The predicted molar refractivity (Wildman–Crippen MR) is 136 cm³/mol. The molecule has 1 N–H and O–H groups in total. The normalized spacial score (nSPS) is 14.8. The summed E-state index contributed by atoms with van der Waals surface area (Å²) in [6.45, 7) is 5.70. The molecule has 0 atom stereocenters. The summed E-state index contributed by atoms with van der Waals surface area (Å²) in [5, 5.41) is 6.04. The zero-order valence-electron chi connectivity index (χ0n) is 19.5. The first kappa shape index (κ1) is 23.5. The second kappa shape index (κ2) is 11.4. The lowest BCUT2D eigenvalue weighted by Crippen LogP contribution is -2.33. The van der Waals surface area contributed by atoms with Crippen molar-refractivity contribution in [2.24, 2.45) is 0 Å². The fourth-order valence-corrected chi connectivity index (χ4v) is 5.35. The predicted octanol–water partition coefficient (Wildman–Crippen LogP) is 6.44. The number of amides is 1. The van der Waals surface area contributed by atoms with E-state index < -0.39 is 0 Å². The Morgan fingerprint density at radius 2 is 1.94 bits per heavy atom. The molecule has 174 valence electrons. The van der Waals surface area contributed by atoms with Crippen molar-refractivity contribution in [1.82, 2.24) is 9.88 Å². The van der Waals surface area contributed by atoms with E-state index in [0.717, 1.165) is 47.8 Å². The van der Waals surface area contributed by atoms with Gasteiger partial charge in [-0.05, 0) is 56.6 Å². The Balaban J connectivity index is 1.42. The second-order valence-electron chi connectivity index (χ2n) is 8.63. The van der Waals surface area contributed by atoms with Crippen LogP contribution in [0.3, 0.4) is 0 Å². The molecule has 1 aromatic heterocycles. The van der Waals surface area contributed by atoms with Gasteiger partial charge in [0.15, 0.2) is 0 Å². The van der Waals surface area contributed by atoms with E-state index in [9.17, 15) is 4.79 Å². The van der Waals surface area contributed by atoms with E-state index in [1.54, 1.807) is 18.4 Å². The molecule has 1 saturated heterocycles. The van der Waals surface area contributed by atoms with E-state index in [2.05, 4.69) is 17.1 Å². The fraction of sp³-hybridized carbons (Fsp3) is 0.407. The molecular weight excluding hydrogens is 430 g/mol. The lowest BCUT2D eigenvalue weighted by atomic mass is 9.97. The third-order valence-corrected chi connectivity index (χ3v) is 7.34. The molecule has 0 bridgehead atoms. The maximum Gasteiger partial charge on any atom is 0.275 e. The lowest BCUT2D eigenvalue weighted by Gasteiger charge is -2.30. The molecule has 6 heteroatoms. The Morgan fingerprint density at radius 3 is 2.67 bits per heavy atom. The number of nitrogens with one attached hydrogen (secondary N) is 1. The maximum atomic E-state index is 13.1. The van der Waals surface area contributed by atoms with Gasteiger partial charge in [-0.1, -0.05) is 50.1 Å². The first-order valence-electron chi connectivity index (χ1n) is 11.9. The highest BCUT2D eigenvalue weighted by Gasteiger charge is 2.24. The number of hydrogen-bond acceptors (Lipinski definition) is 5. The van der Waals surface area contributed by atoms with Gasteiger partial charge >= 0.3 is 0 Å². The highest BCUT2D eigenvalue weighted by Crippen LogP contribution is 2.33. The van der Waals surface area contributed by atoms with Crippen molar-refractivity contribution in [2.45, 2.75) is 44.9 Å². The molecule has 3 aromatic rings. The quantitative estimate of drug-likeness (QED) is 0.371. The number of nitrogens with zero attached hydrogens (tertiary/aromatic N) is 2. The smallest absolute Gasteiger partial charge is 0.275 e. The van der Waals surface area contributed by atoms with Gasteiger partial charge in [0.25, 0.3) is 5.91 Å². The number of piperidine rings is 1. The van der Waals surface area contributed by atoms with Gasteiger partial charge in [-0.2, -0.15) is 0 Å². The summed E-state index contributed by atoms with van der Waals surface area (Å²) in [6.07, 6.45) is 6.11. The Labute approximate surface area is 200 Å². The standard InChI is InChI=1S/C27H33N3O2S/c1-3-4-8-15-30-16-13-21(14-17-30)27-29-25(19-33-27)26(31)28-24-18-22(32-2)11-12-23(24)20-9-6-5-7-10-20/h5-7,9-12,18-19,21H,3-4,8,13-17H2,1-2H3,(H,28,31). The Bertz CT molecular complexity index is 1040. The van der Waals surface area contributed by atoms with Gasteiger partial charge < -0.3 is 15.0 Å². The number of anilines is 1. The molecule has 2 aromatic carbocycles. The van der Waals surface area contributed by atoms with Crippen LogP contribution in [0.25, 0.3) is 11.1 Å². The van der Waals surface area contributed by atoms with Gasteiger partial charge in [0.05, 0.1) is 17.8 Å². The van der Waals surface area contributed by atoms with Crippen LogP contribution in [0.5, 0.6) is 5.75 Å². The van der Waals surface area contributed by atoms with Gasteiger partial charge in [0.1, 0.15) is 11.4 Å². The number of carbonyl (C=O) groups excluding carboxylic acids is 1. The molecule has 33 heavy (non-hydrogen) atoms. The summed E-state index contributed by atoms with van der Waals surface area (Å²) in [7, 11) is 1.63. The van der Waals surface area contributed by atoms with E-state index in [0.29, 0.717) is 17.4 Å². The van der Waals surface area contributed by atoms with E-state index in [1.165, 1.54) is 25.8 Å². The van der Waals surface area contributed by atoms with Crippen LogP contribution < -0.4 is 10.1 Å². The number of benzene rings is 2. The molecule has 1 amide bonds. The SMILES string of the molecule is CCCCCN1CCC(c2nc(C(=O)Nc3cc(OC)ccc3-c3ccccc3)cs2)CC1. The van der Waals surface area contributed by atoms with Crippen molar-refractivity contribution in [3.05, 3.63) is 64.6 Å². The van der Waals surface area contributed by atoms with E-state index in [1.807, 2.05) is 53.9 Å². The molecule has 0 aliphatic carbocycles. The van der Waals surface area contributed by atoms with Gasteiger partial charge in [-0.25, -0.2) is 4.98 Å². The van der Waals surface area contributed by atoms with Gasteiger partial charge in [-0.15, -0.1) is 11.3 Å². The van der Waals surface area contributed by atoms with Crippen LogP contribution >= 0.6 is 11.3 Å². The number of carbonyl (C=O) groups is 1. The minimum Gasteiger partial charge on any atom is -0.497 e. The first-order chi connectivity index (χ1) is 16.2. The number of unbranched alkanes of at least 4 members (excludes halogenated alkanes) is 2. The van der Waals surface area contributed by atoms with Crippen LogP contribution in [0.2, 0.25) is 0 Å². The van der Waals surface area contributed by atoms with Crippen LogP contribution in [0.4, 0.5) is 5.69 Å². The van der Waals surface area contributed by atoms with Crippen LogP contribution in [0.15, 0.2) is 53.9 Å². The average Bonchev–Trinajstić information content (AvgIpc) is 3.36. The molecule has 0 spiro atoms. The zero-order chi connectivity index (χ0) is 23.0. The molecule has 1 fully saturated rings. The van der Waals surface area contributed by atoms with Crippen LogP contribution in [0.1, 0.15) is 60.4 Å². The van der Waals surface area contributed by atoms with Crippen molar-refractivity contribution < 1.29 is 9.53 Å². The monoisotopic (exact) mass is 463 g/mol. The number of thiazole rings is 1. The number of rotatable bonds is 9. The molecule has 0 unspecified atom stereocenters. The minimum atomic E-state index is -0.181. The van der Waals surface area contributed by atoms with E-state index in [-0.39, 0.29) is 5.91 Å². The largest absolute Gasteiger partial charge is 0.497 e.